The molecule has 106 valence electrons. The van der Waals surface area contributed by atoms with Crippen LogP contribution in [0.4, 0.5) is 0 Å². The van der Waals surface area contributed by atoms with Crippen molar-refractivity contribution in [1.29, 1.82) is 0 Å². The highest BCUT2D eigenvalue weighted by molar-refractivity contribution is 5.66. The topological polar surface area (TPSA) is 85.5 Å². The lowest BCUT2D eigenvalue weighted by atomic mass is 10.1. The third kappa shape index (κ3) is 3.64. The second-order valence-corrected chi connectivity index (χ2v) is 4.19. The summed E-state index contributed by atoms with van der Waals surface area (Å²) < 4.78 is 10.7. The van der Waals surface area contributed by atoms with Crippen molar-refractivity contribution in [3.05, 3.63) is 47.6 Å². The molecule has 0 bridgehead atoms. The first-order chi connectivity index (χ1) is 9.70. The van der Waals surface area contributed by atoms with E-state index >= 15 is 0 Å². The molecule has 0 saturated heterocycles. The highest BCUT2D eigenvalue weighted by Crippen LogP contribution is 2.23. The number of nitrogens with zero attached hydrogens (tertiary/aromatic N) is 2. The first kappa shape index (κ1) is 14.2. The van der Waals surface area contributed by atoms with Gasteiger partial charge in [0.1, 0.15) is 6.10 Å². The Balaban J connectivity index is 2.16. The number of carbonyl (C=O) groups is 1. The molecule has 1 aromatic carbocycles. The van der Waals surface area contributed by atoms with Gasteiger partial charge in [-0.1, -0.05) is 35.5 Å². The molecule has 2 rings (SSSR count). The molecule has 1 aromatic heterocycles. The summed E-state index contributed by atoms with van der Waals surface area (Å²) in [6, 6.07) is 9.59. The van der Waals surface area contributed by atoms with E-state index < -0.39 is 12.1 Å². The number of rotatable bonds is 7. The number of ether oxygens (including phenoxy) is 1. The molecule has 6 nitrogen and oxygen atoms in total. The van der Waals surface area contributed by atoms with Gasteiger partial charge in [-0.2, -0.15) is 4.98 Å². The van der Waals surface area contributed by atoms with E-state index in [-0.39, 0.29) is 12.8 Å². The van der Waals surface area contributed by atoms with E-state index in [1.165, 1.54) is 0 Å². The summed E-state index contributed by atoms with van der Waals surface area (Å²) in [5.74, 6) is -0.171. The Bertz CT molecular complexity index is 553. The van der Waals surface area contributed by atoms with Gasteiger partial charge in [0, 0.05) is 13.0 Å². The minimum absolute atomic E-state index is 0.0354. The Kier molecular flexibility index (Phi) is 4.84. The summed E-state index contributed by atoms with van der Waals surface area (Å²) in [7, 11) is 0. The van der Waals surface area contributed by atoms with Crippen molar-refractivity contribution in [1.82, 2.24) is 10.1 Å². The van der Waals surface area contributed by atoms with E-state index in [2.05, 4.69) is 10.1 Å². The van der Waals surface area contributed by atoms with Gasteiger partial charge in [0.25, 0.3) is 0 Å². The molecule has 0 saturated carbocycles. The first-order valence-corrected chi connectivity index (χ1v) is 6.41. The molecule has 0 spiro atoms. The van der Waals surface area contributed by atoms with Crippen LogP contribution in [0.3, 0.4) is 0 Å². The molecule has 0 aliphatic heterocycles. The second kappa shape index (κ2) is 6.81. The fraction of sp³-hybridized carbons (Fsp3) is 0.357. The van der Waals surface area contributed by atoms with Crippen LogP contribution in [0.2, 0.25) is 0 Å². The smallest absolute Gasteiger partial charge is 0.303 e. The molecule has 1 heterocycles. The number of carboxylic acids is 1. The Morgan fingerprint density at radius 1 is 1.40 bits per heavy atom. The predicted molar refractivity (Wildman–Crippen MR) is 70.2 cm³/mol. The normalized spacial score (nSPS) is 12.2. The number of aromatic nitrogens is 2. The Morgan fingerprint density at radius 3 is 2.80 bits per heavy atom. The molecule has 0 aliphatic carbocycles. The Labute approximate surface area is 116 Å². The van der Waals surface area contributed by atoms with Gasteiger partial charge in [0.05, 0.1) is 6.42 Å². The monoisotopic (exact) mass is 276 g/mol. The summed E-state index contributed by atoms with van der Waals surface area (Å²) >= 11 is 0. The van der Waals surface area contributed by atoms with Crippen LogP contribution < -0.4 is 0 Å². The molecule has 6 heteroatoms. The average Bonchev–Trinajstić information content (AvgIpc) is 2.92. The lowest BCUT2D eigenvalue weighted by molar-refractivity contribution is -0.137. The van der Waals surface area contributed by atoms with Gasteiger partial charge in [-0.25, -0.2) is 0 Å². The van der Waals surface area contributed by atoms with E-state index in [1.807, 2.05) is 37.3 Å². The molecule has 1 N–H and O–H groups in total. The molecular formula is C14H16N2O4. The largest absolute Gasteiger partial charge is 0.481 e. The maximum atomic E-state index is 10.5. The molecule has 0 fully saturated rings. The second-order valence-electron chi connectivity index (χ2n) is 4.19. The van der Waals surface area contributed by atoms with Crippen LogP contribution in [0.5, 0.6) is 0 Å². The van der Waals surface area contributed by atoms with Gasteiger partial charge in [-0.3, -0.25) is 4.79 Å². The number of carboxylic acid groups (broad SMARTS) is 1. The quantitative estimate of drug-likeness (QED) is 0.834. The summed E-state index contributed by atoms with van der Waals surface area (Å²) in [6.07, 6.45) is -0.217. The lowest BCUT2D eigenvalue weighted by Gasteiger charge is -2.13. The molecule has 2 aromatic rings. The van der Waals surface area contributed by atoms with Crippen LogP contribution in [0.1, 0.15) is 36.7 Å². The van der Waals surface area contributed by atoms with Gasteiger partial charge in [0.2, 0.25) is 11.7 Å². The highest BCUT2D eigenvalue weighted by atomic mass is 16.5. The lowest BCUT2D eigenvalue weighted by Crippen LogP contribution is -2.08. The zero-order valence-corrected chi connectivity index (χ0v) is 11.2. The number of hydrogen-bond acceptors (Lipinski definition) is 5. The molecule has 0 radical (unpaired) electrons. The van der Waals surface area contributed by atoms with Crippen molar-refractivity contribution in [3.63, 3.8) is 0 Å². The fourth-order valence-corrected chi connectivity index (χ4v) is 1.80. The zero-order valence-electron chi connectivity index (χ0n) is 11.2. The number of aliphatic carboxylic acids is 1. The van der Waals surface area contributed by atoms with Crippen LogP contribution in [-0.2, 0) is 16.0 Å². The average molecular weight is 276 g/mol. The molecule has 1 atom stereocenters. The van der Waals surface area contributed by atoms with E-state index in [9.17, 15) is 4.79 Å². The fourth-order valence-electron chi connectivity index (χ4n) is 1.80. The molecule has 0 amide bonds. The maximum absolute atomic E-state index is 10.5. The van der Waals surface area contributed by atoms with Gasteiger partial charge in [-0.05, 0) is 12.5 Å². The summed E-state index contributed by atoms with van der Waals surface area (Å²) in [5.41, 5.74) is 0.930. The van der Waals surface area contributed by atoms with E-state index in [0.717, 1.165) is 5.56 Å². The van der Waals surface area contributed by atoms with Crippen LogP contribution in [0.25, 0.3) is 0 Å². The van der Waals surface area contributed by atoms with Crippen molar-refractivity contribution in [2.24, 2.45) is 0 Å². The van der Waals surface area contributed by atoms with Crippen molar-refractivity contribution in [2.75, 3.05) is 6.61 Å². The third-order valence-electron chi connectivity index (χ3n) is 2.71. The predicted octanol–water partition coefficient (Wildman–Crippen LogP) is 2.21. The Morgan fingerprint density at radius 2 is 2.15 bits per heavy atom. The van der Waals surface area contributed by atoms with Crippen molar-refractivity contribution in [2.45, 2.75) is 25.9 Å². The standard InChI is InChI=1S/C14H16N2O4/c1-2-19-13(10-6-4-3-5-7-10)14-15-11(20-16-14)8-9-12(17)18/h3-7,13H,2,8-9H2,1H3,(H,17,18). The SMILES string of the molecule is CCOC(c1ccccc1)c1noc(CCC(=O)O)n1. The zero-order chi connectivity index (χ0) is 14.4. The third-order valence-corrected chi connectivity index (χ3v) is 2.71. The van der Waals surface area contributed by atoms with Gasteiger partial charge in [-0.15, -0.1) is 0 Å². The molecular weight excluding hydrogens is 260 g/mol. The number of hydrogen-bond donors (Lipinski definition) is 1. The highest BCUT2D eigenvalue weighted by Gasteiger charge is 2.20. The van der Waals surface area contributed by atoms with Crippen molar-refractivity contribution < 1.29 is 19.2 Å². The number of aryl methyl sites for hydroxylation is 1. The first-order valence-electron chi connectivity index (χ1n) is 6.41. The molecule has 1 unspecified atom stereocenters. The van der Waals surface area contributed by atoms with E-state index in [0.29, 0.717) is 18.3 Å². The molecule has 0 aliphatic rings. The Hall–Kier alpha value is -2.21. The summed E-state index contributed by atoms with van der Waals surface area (Å²) in [4.78, 5) is 14.7. The summed E-state index contributed by atoms with van der Waals surface area (Å²) in [6.45, 7) is 2.40. The van der Waals surface area contributed by atoms with Crippen molar-refractivity contribution in [3.8, 4) is 0 Å². The summed E-state index contributed by atoms with van der Waals surface area (Å²) in [5, 5.41) is 12.5. The molecule has 20 heavy (non-hydrogen) atoms. The maximum Gasteiger partial charge on any atom is 0.303 e. The van der Waals surface area contributed by atoms with Crippen LogP contribution in [-0.4, -0.2) is 27.8 Å². The van der Waals surface area contributed by atoms with Crippen LogP contribution in [0.15, 0.2) is 34.9 Å². The minimum Gasteiger partial charge on any atom is -0.481 e. The minimum atomic E-state index is -0.894. The number of benzene rings is 1. The van der Waals surface area contributed by atoms with Crippen LogP contribution >= 0.6 is 0 Å². The van der Waals surface area contributed by atoms with E-state index in [4.69, 9.17) is 14.4 Å². The van der Waals surface area contributed by atoms with E-state index in [1.54, 1.807) is 0 Å². The van der Waals surface area contributed by atoms with Gasteiger partial charge < -0.3 is 14.4 Å². The van der Waals surface area contributed by atoms with Crippen LogP contribution in [0, 0.1) is 0 Å². The van der Waals surface area contributed by atoms with Gasteiger partial charge in [0.15, 0.2) is 0 Å². The van der Waals surface area contributed by atoms with Crippen molar-refractivity contribution >= 4 is 5.97 Å². The van der Waals surface area contributed by atoms with Gasteiger partial charge >= 0.3 is 5.97 Å².